The van der Waals surface area contributed by atoms with Crippen molar-refractivity contribution in [2.24, 2.45) is 0 Å². The van der Waals surface area contributed by atoms with Gasteiger partial charge in [-0.25, -0.2) is 4.98 Å². The molecule has 8 heteroatoms. The van der Waals surface area contributed by atoms with Crippen LogP contribution in [-0.2, 0) is 0 Å². The first-order valence-corrected chi connectivity index (χ1v) is 7.81. The average molecular weight is 339 g/mol. The topological polar surface area (TPSA) is 113 Å². The lowest BCUT2D eigenvalue weighted by Gasteiger charge is -2.04. The molecule has 128 valence electrons. The third-order valence-corrected chi connectivity index (χ3v) is 3.44. The zero-order valence-corrected chi connectivity index (χ0v) is 13.4. The number of hydrogen-bond donors (Lipinski definition) is 3. The van der Waals surface area contributed by atoms with Crippen LogP contribution in [0.1, 0.15) is 27.6 Å². The standard InChI is InChI=1S/C17H17N5O3/c23-15(14-11-13(21-22-14)12-5-2-1-3-6-12)18-7-4-8-19-16(24)17-20-9-10-25-17/h1-3,5-6,9-11H,4,7-8H2,(H,18,23)(H,19,24)(H,21,22). The Labute approximate surface area is 143 Å². The van der Waals surface area contributed by atoms with Crippen LogP contribution in [0, 0.1) is 0 Å². The molecule has 2 amide bonds. The Morgan fingerprint density at radius 3 is 2.56 bits per heavy atom. The van der Waals surface area contributed by atoms with Gasteiger partial charge in [0.25, 0.3) is 11.8 Å². The number of amides is 2. The van der Waals surface area contributed by atoms with Crippen LogP contribution in [0.15, 0.2) is 53.3 Å². The molecule has 0 aliphatic heterocycles. The molecule has 0 saturated heterocycles. The van der Waals surface area contributed by atoms with Crippen molar-refractivity contribution in [3.8, 4) is 11.3 Å². The summed E-state index contributed by atoms with van der Waals surface area (Å²) in [5.74, 6) is -0.596. The minimum atomic E-state index is -0.377. The van der Waals surface area contributed by atoms with E-state index in [2.05, 4.69) is 25.8 Å². The van der Waals surface area contributed by atoms with Crippen molar-refractivity contribution in [1.82, 2.24) is 25.8 Å². The van der Waals surface area contributed by atoms with Gasteiger partial charge in [0.1, 0.15) is 12.0 Å². The number of nitrogens with zero attached hydrogens (tertiary/aromatic N) is 2. The van der Waals surface area contributed by atoms with Crippen molar-refractivity contribution < 1.29 is 14.0 Å². The molecule has 0 unspecified atom stereocenters. The summed E-state index contributed by atoms with van der Waals surface area (Å²) in [6, 6.07) is 11.3. The number of oxazole rings is 1. The number of benzene rings is 1. The second kappa shape index (κ2) is 7.91. The first-order chi connectivity index (χ1) is 12.2. The van der Waals surface area contributed by atoms with Crippen molar-refractivity contribution in [1.29, 1.82) is 0 Å². The molecule has 0 saturated carbocycles. The Hall–Kier alpha value is -3.42. The number of H-pyrrole nitrogens is 1. The van der Waals surface area contributed by atoms with Crippen molar-refractivity contribution in [2.45, 2.75) is 6.42 Å². The maximum Gasteiger partial charge on any atom is 0.307 e. The van der Waals surface area contributed by atoms with Gasteiger partial charge in [-0.1, -0.05) is 30.3 Å². The van der Waals surface area contributed by atoms with Crippen LogP contribution in [0.4, 0.5) is 0 Å². The van der Waals surface area contributed by atoms with E-state index in [0.29, 0.717) is 30.9 Å². The fourth-order valence-corrected chi connectivity index (χ4v) is 2.19. The summed E-state index contributed by atoms with van der Waals surface area (Å²) >= 11 is 0. The summed E-state index contributed by atoms with van der Waals surface area (Å²) < 4.78 is 4.88. The molecular weight excluding hydrogens is 322 g/mol. The highest BCUT2D eigenvalue weighted by Crippen LogP contribution is 2.16. The van der Waals surface area contributed by atoms with E-state index >= 15 is 0 Å². The van der Waals surface area contributed by atoms with Crippen LogP contribution in [-0.4, -0.2) is 40.1 Å². The van der Waals surface area contributed by atoms with Gasteiger partial charge in [0.05, 0.1) is 11.9 Å². The van der Waals surface area contributed by atoms with Gasteiger partial charge in [0.2, 0.25) is 0 Å². The summed E-state index contributed by atoms with van der Waals surface area (Å²) in [7, 11) is 0. The first kappa shape index (κ1) is 16.4. The van der Waals surface area contributed by atoms with Crippen molar-refractivity contribution in [3.05, 3.63) is 60.4 Å². The quantitative estimate of drug-likeness (QED) is 0.566. The molecule has 1 aromatic carbocycles. The van der Waals surface area contributed by atoms with E-state index in [1.165, 1.54) is 12.5 Å². The zero-order valence-electron chi connectivity index (χ0n) is 13.4. The van der Waals surface area contributed by atoms with E-state index in [1.807, 2.05) is 30.3 Å². The van der Waals surface area contributed by atoms with Gasteiger partial charge in [-0.15, -0.1) is 0 Å². The Kier molecular flexibility index (Phi) is 5.20. The number of hydrogen-bond acceptors (Lipinski definition) is 5. The highest BCUT2D eigenvalue weighted by molar-refractivity contribution is 5.93. The van der Waals surface area contributed by atoms with E-state index in [0.717, 1.165) is 5.56 Å². The Bertz CT molecular complexity index is 827. The molecule has 0 aliphatic carbocycles. The third-order valence-electron chi connectivity index (χ3n) is 3.44. The summed E-state index contributed by atoms with van der Waals surface area (Å²) in [6.07, 6.45) is 3.32. The summed E-state index contributed by atoms with van der Waals surface area (Å²) in [5, 5.41) is 12.3. The normalized spacial score (nSPS) is 10.4. The maximum absolute atomic E-state index is 12.1. The van der Waals surface area contributed by atoms with E-state index in [9.17, 15) is 9.59 Å². The van der Waals surface area contributed by atoms with Crippen molar-refractivity contribution in [2.75, 3.05) is 13.1 Å². The van der Waals surface area contributed by atoms with Gasteiger partial charge < -0.3 is 15.1 Å². The molecule has 3 N–H and O–H groups in total. The Morgan fingerprint density at radius 2 is 1.84 bits per heavy atom. The smallest absolute Gasteiger partial charge is 0.307 e. The van der Waals surface area contributed by atoms with Crippen molar-refractivity contribution >= 4 is 11.8 Å². The molecule has 0 radical (unpaired) electrons. The minimum absolute atomic E-state index is 0.0231. The van der Waals surface area contributed by atoms with E-state index < -0.39 is 0 Å². The molecule has 2 aromatic heterocycles. The zero-order chi connectivity index (χ0) is 17.5. The third kappa shape index (κ3) is 4.31. The molecule has 8 nitrogen and oxygen atoms in total. The Morgan fingerprint density at radius 1 is 1.08 bits per heavy atom. The molecule has 3 aromatic rings. The van der Waals surface area contributed by atoms with Crippen LogP contribution in [0.25, 0.3) is 11.3 Å². The Balaban J connectivity index is 1.41. The fourth-order valence-electron chi connectivity index (χ4n) is 2.19. The second-order valence-electron chi connectivity index (χ2n) is 5.24. The number of carbonyl (C=O) groups excluding carboxylic acids is 2. The molecule has 0 atom stereocenters. The monoisotopic (exact) mass is 339 g/mol. The average Bonchev–Trinajstić information content (AvgIpc) is 3.34. The molecule has 0 bridgehead atoms. The van der Waals surface area contributed by atoms with Gasteiger partial charge in [0, 0.05) is 18.7 Å². The van der Waals surface area contributed by atoms with Gasteiger partial charge in [-0.05, 0) is 12.5 Å². The largest absolute Gasteiger partial charge is 0.441 e. The van der Waals surface area contributed by atoms with E-state index in [-0.39, 0.29) is 17.7 Å². The van der Waals surface area contributed by atoms with Crippen LogP contribution in [0.2, 0.25) is 0 Å². The van der Waals surface area contributed by atoms with E-state index in [1.54, 1.807) is 6.07 Å². The lowest BCUT2D eigenvalue weighted by atomic mass is 10.1. The number of aromatic amines is 1. The predicted molar refractivity (Wildman–Crippen MR) is 89.8 cm³/mol. The van der Waals surface area contributed by atoms with E-state index in [4.69, 9.17) is 4.42 Å². The number of nitrogens with one attached hydrogen (secondary N) is 3. The lowest BCUT2D eigenvalue weighted by Crippen LogP contribution is -2.30. The SMILES string of the molecule is O=C(NCCCNC(=O)c1ncco1)c1cc(-c2ccccc2)n[nH]1. The number of aromatic nitrogens is 3. The van der Waals surface area contributed by atoms with Crippen molar-refractivity contribution in [3.63, 3.8) is 0 Å². The molecule has 0 fully saturated rings. The molecular formula is C17H17N5O3. The maximum atomic E-state index is 12.1. The van der Waals surface area contributed by atoms with Crippen LogP contribution in [0.5, 0.6) is 0 Å². The van der Waals surface area contributed by atoms with Gasteiger partial charge in [0.15, 0.2) is 0 Å². The summed E-state index contributed by atoms with van der Waals surface area (Å²) in [5.41, 5.74) is 2.04. The molecule has 25 heavy (non-hydrogen) atoms. The second-order valence-corrected chi connectivity index (χ2v) is 5.24. The lowest BCUT2D eigenvalue weighted by molar-refractivity contribution is 0.0918. The number of carbonyl (C=O) groups is 2. The van der Waals surface area contributed by atoms with Gasteiger partial charge >= 0.3 is 5.91 Å². The van der Waals surface area contributed by atoms with Gasteiger partial charge in [-0.2, -0.15) is 5.10 Å². The highest BCUT2D eigenvalue weighted by Gasteiger charge is 2.11. The molecule has 3 rings (SSSR count). The van der Waals surface area contributed by atoms with Crippen LogP contribution >= 0.6 is 0 Å². The minimum Gasteiger partial charge on any atom is -0.441 e. The molecule has 0 spiro atoms. The van der Waals surface area contributed by atoms with Crippen LogP contribution < -0.4 is 10.6 Å². The van der Waals surface area contributed by atoms with Gasteiger partial charge in [-0.3, -0.25) is 14.7 Å². The summed E-state index contributed by atoms with van der Waals surface area (Å²) in [4.78, 5) is 27.4. The molecule has 2 heterocycles. The highest BCUT2D eigenvalue weighted by atomic mass is 16.3. The number of rotatable bonds is 7. The first-order valence-electron chi connectivity index (χ1n) is 7.81. The fraction of sp³-hybridized carbons (Fsp3) is 0.176. The van der Waals surface area contributed by atoms with Crippen LogP contribution in [0.3, 0.4) is 0 Å². The summed E-state index contributed by atoms with van der Waals surface area (Å²) in [6.45, 7) is 0.824. The molecule has 0 aliphatic rings. The predicted octanol–water partition coefficient (Wildman–Crippen LogP) is 1.61.